The molecule has 0 aliphatic carbocycles. The Morgan fingerprint density at radius 1 is 0.913 bits per heavy atom. The van der Waals surface area contributed by atoms with E-state index in [0.717, 1.165) is 49.8 Å². The summed E-state index contributed by atoms with van der Waals surface area (Å²) in [4.78, 5) is 36.3. The molecule has 0 aromatic carbocycles. The molecule has 2 aromatic heterocycles. The van der Waals surface area contributed by atoms with Crippen LogP contribution in [0.15, 0.2) is 41.0 Å². The zero-order valence-corrected chi connectivity index (χ0v) is 24.1. The number of carboxylic acid groups (broad SMARTS) is 3. The van der Waals surface area contributed by atoms with E-state index in [2.05, 4.69) is 42.0 Å². The van der Waals surface area contributed by atoms with Crippen LogP contribution in [0.3, 0.4) is 0 Å². The molecule has 20 heteroatoms. The summed E-state index contributed by atoms with van der Waals surface area (Å²) in [5.41, 5.74) is 2.23. The van der Waals surface area contributed by atoms with Crippen molar-refractivity contribution in [3.05, 3.63) is 53.7 Å². The molecule has 2 aromatic rings. The van der Waals surface area contributed by atoms with Crippen LogP contribution in [0.1, 0.15) is 30.0 Å². The molecule has 0 saturated carbocycles. The first-order valence-electron chi connectivity index (χ1n) is 12.9. The molecule has 4 rings (SSSR count). The van der Waals surface area contributed by atoms with Gasteiger partial charge in [0, 0.05) is 31.4 Å². The summed E-state index contributed by atoms with van der Waals surface area (Å²) in [6.45, 7) is 5.67. The van der Waals surface area contributed by atoms with Crippen molar-refractivity contribution in [2.75, 3.05) is 20.2 Å². The van der Waals surface area contributed by atoms with Gasteiger partial charge >= 0.3 is 36.4 Å². The van der Waals surface area contributed by atoms with Crippen molar-refractivity contribution >= 4 is 17.9 Å². The molecule has 260 valence electrons. The molecule has 46 heavy (non-hydrogen) atoms. The Morgan fingerprint density at radius 2 is 1.43 bits per heavy atom. The van der Waals surface area contributed by atoms with Gasteiger partial charge in [0.2, 0.25) is 0 Å². The number of hydrogen-bond acceptors (Lipinski definition) is 8. The van der Waals surface area contributed by atoms with Crippen LogP contribution >= 0.6 is 0 Å². The molecule has 2 fully saturated rings. The lowest BCUT2D eigenvalue weighted by Crippen LogP contribution is -2.46. The molecule has 0 radical (unpaired) electrons. The molecule has 4 heterocycles. The van der Waals surface area contributed by atoms with Crippen LogP contribution < -0.4 is 0 Å². The van der Waals surface area contributed by atoms with Gasteiger partial charge < -0.3 is 24.5 Å². The highest BCUT2D eigenvalue weighted by molar-refractivity contribution is 5.73. The highest BCUT2D eigenvalue weighted by atomic mass is 19.4. The first-order chi connectivity index (χ1) is 21.0. The van der Waals surface area contributed by atoms with Gasteiger partial charge in [-0.25, -0.2) is 14.4 Å². The maximum Gasteiger partial charge on any atom is 0.490 e. The zero-order chi connectivity index (χ0) is 35.5. The summed E-state index contributed by atoms with van der Waals surface area (Å²) in [5, 5.41) is 21.4. The van der Waals surface area contributed by atoms with E-state index in [1.165, 1.54) is 6.42 Å². The monoisotopic (exact) mass is 683 g/mol. The fourth-order valence-corrected chi connectivity index (χ4v) is 4.26. The predicted molar refractivity (Wildman–Crippen MR) is 137 cm³/mol. The minimum absolute atomic E-state index is 0.276. The average Bonchev–Trinajstić information content (AvgIpc) is 3.56. The van der Waals surface area contributed by atoms with Crippen molar-refractivity contribution in [3.63, 3.8) is 0 Å². The largest absolute Gasteiger partial charge is 0.490 e. The summed E-state index contributed by atoms with van der Waals surface area (Å²) in [6.07, 6.45) is -10.9. The van der Waals surface area contributed by atoms with Gasteiger partial charge in [0.25, 0.3) is 0 Å². The molecule has 0 amide bonds. The van der Waals surface area contributed by atoms with Crippen molar-refractivity contribution < 1.29 is 78.4 Å². The number of aliphatic carboxylic acids is 3. The van der Waals surface area contributed by atoms with Gasteiger partial charge in [-0.2, -0.15) is 39.5 Å². The van der Waals surface area contributed by atoms with E-state index in [-0.39, 0.29) is 6.10 Å². The van der Waals surface area contributed by atoms with Crippen LogP contribution in [0.4, 0.5) is 39.5 Å². The number of aromatic nitrogens is 1. The number of carboxylic acids is 3. The molecule has 0 unspecified atom stereocenters. The molecule has 0 bridgehead atoms. The van der Waals surface area contributed by atoms with Gasteiger partial charge in [0.15, 0.2) is 0 Å². The van der Waals surface area contributed by atoms with E-state index < -0.39 is 36.4 Å². The van der Waals surface area contributed by atoms with Gasteiger partial charge in [0.05, 0.1) is 30.6 Å². The molecule has 0 spiro atoms. The Hall–Kier alpha value is -3.91. The lowest BCUT2D eigenvalue weighted by molar-refractivity contribution is -0.193. The summed E-state index contributed by atoms with van der Waals surface area (Å²) in [5.74, 6) is -7.26. The van der Waals surface area contributed by atoms with Gasteiger partial charge in [-0.3, -0.25) is 14.8 Å². The number of furan rings is 1. The summed E-state index contributed by atoms with van der Waals surface area (Å²) >= 11 is 0. The number of aryl methyl sites for hydroxylation is 1. The number of rotatable bonds is 5. The minimum Gasteiger partial charge on any atom is -0.475 e. The van der Waals surface area contributed by atoms with Crippen LogP contribution in [0.25, 0.3) is 0 Å². The number of halogens is 9. The fourth-order valence-electron chi connectivity index (χ4n) is 4.26. The van der Waals surface area contributed by atoms with Crippen LogP contribution in [-0.2, 0) is 32.2 Å². The maximum atomic E-state index is 10.6. The third-order valence-corrected chi connectivity index (χ3v) is 6.19. The Bertz CT molecular complexity index is 1200. The number of hydrogen-bond donors (Lipinski definition) is 3. The van der Waals surface area contributed by atoms with Crippen LogP contribution in [0, 0.1) is 6.92 Å². The highest BCUT2D eigenvalue weighted by Crippen LogP contribution is 2.33. The van der Waals surface area contributed by atoms with E-state index >= 15 is 0 Å². The Kier molecular flexibility index (Phi) is 14.9. The number of alkyl halides is 9. The summed E-state index contributed by atoms with van der Waals surface area (Å²) in [7, 11) is 2.18. The Balaban J connectivity index is 0.000000413. The molecule has 2 aliphatic heterocycles. The zero-order valence-electron chi connectivity index (χ0n) is 24.1. The lowest BCUT2D eigenvalue weighted by atomic mass is 10.00. The van der Waals surface area contributed by atoms with Crippen LogP contribution in [-0.4, -0.2) is 105 Å². The smallest absolute Gasteiger partial charge is 0.475 e. The standard InChI is InChI=1S/C20H27N3O2.3C2HF3O2/c1-15-6-3-7-16(21-15)12-23-14-19(20-18(23)9-5-11-25-20)22(2)13-17-8-4-10-24-17;3*3-2(4,5)1(6)7/h3-4,6-8,10,18-20H,5,9,11-14H2,1-2H3;3*(H,6,7)/t18-,19-,20+;;;/m1.../s1. The van der Waals surface area contributed by atoms with E-state index in [1.807, 2.05) is 12.1 Å². The third kappa shape index (κ3) is 14.0. The van der Waals surface area contributed by atoms with Crippen LogP contribution in [0.5, 0.6) is 0 Å². The van der Waals surface area contributed by atoms with Crippen molar-refractivity contribution in [1.82, 2.24) is 14.8 Å². The van der Waals surface area contributed by atoms with Crippen molar-refractivity contribution in [2.45, 2.75) is 69.6 Å². The molecule has 2 saturated heterocycles. The van der Waals surface area contributed by atoms with E-state index in [9.17, 15) is 39.5 Å². The topological polar surface area (TPSA) is 154 Å². The summed E-state index contributed by atoms with van der Waals surface area (Å²) < 4.78 is 107. The first kappa shape index (κ1) is 40.1. The van der Waals surface area contributed by atoms with Crippen LogP contribution in [0.2, 0.25) is 0 Å². The Labute approximate surface area is 255 Å². The number of fused-ring (bicyclic) bond motifs is 1. The second kappa shape index (κ2) is 17.1. The van der Waals surface area contributed by atoms with E-state index in [4.69, 9.17) is 43.8 Å². The fraction of sp³-hybridized carbons (Fsp3) is 0.538. The molecular formula is C26H30F9N3O8. The SMILES string of the molecule is Cc1cccc(CN2C[C@@H](N(C)Cc3ccco3)[C@H]3OCCC[C@H]32)n1.O=C(O)C(F)(F)F.O=C(O)C(F)(F)F.O=C(O)C(F)(F)F. The number of carbonyl (C=O) groups is 3. The van der Waals surface area contributed by atoms with Gasteiger partial charge in [-0.1, -0.05) is 6.07 Å². The molecule has 3 N–H and O–H groups in total. The number of likely N-dealkylation sites (tertiary alicyclic amines) is 1. The van der Waals surface area contributed by atoms with E-state index in [0.29, 0.717) is 12.1 Å². The summed E-state index contributed by atoms with van der Waals surface area (Å²) in [6, 6.07) is 11.2. The second-order valence-electron chi connectivity index (χ2n) is 9.72. The number of nitrogens with zero attached hydrogens (tertiary/aromatic N) is 3. The molecular weight excluding hydrogens is 653 g/mol. The number of likely N-dealkylation sites (N-methyl/N-ethyl adjacent to an activating group) is 1. The lowest BCUT2D eigenvalue weighted by Gasteiger charge is -2.34. The maximum absolute atomic E-state index is 10.6. The molecule has 3 atom stereocenters. The number of pyridine rings is 1. The second-order valence-corrected chi connectivity index (χ2v) is 9.72. The predicted octanol–water partition coefficient (Wildman–Crippen LogP) is 4.75. The van der Waals surface area contributed by atoms with Gasteiger partial charge in [0.1, 0.15) is 5.76 Å². The van der Waals surface area contributed by atoms with E-state index in [1.54, 1.807) is 6.26 Å². The Morgan fingerprint density at radius 3 is 1.87 bits per heavy atom. The van der Waals surface area contributed by atoms with Gasteiger partial charge in [-0.15, -0.1) is 0 Å². The first-order valence-corrected chi connectivity index (χ1v) is 12.9. The molecule has 2 aliphatic rings. The van der Waals surface area contributed by atoms with Gasteiger partial charge in [-0.05, 0) is 51.1 Å². The average molecular weight is 684 g/mol. The normalized spacial score (nSPS) is 19.8. The van der Waals surface area contributed by atoms with Crippen molar-refractivity contribution in [1.29, 1.82) is 0 Å². The molecule has 11 nitrogen and oxygen atoms in total. The third-order valence-electron chi connectivity index (χ3n) is 6.19. The quantitative estimate of drug-likeness (QED) is 0.375. The van der Waals surface area contributed by atoms with Crippen molar-refractivity contribution in [3.8, 4) is 0 Å². The number of ether oxygens (including phenoxy) is 1. The van der Waals surface area contributed by atoms with Crippen molar-refractivity contribution in [2.24, 2.45) is 0 Å². The highest BCUT2D eigenvalue weighted by Gasteiger charge is 2.45. The minimum atomic E-state index is -5.08.